The minimum absolute atomic E-state index is 0.111. The third-order valence-electron chi connectivity index (χ3n) is 8.06. The van der Waals surface area contributed by atoms with Crippen LogP contribution in [0.5, 0.6) is 23.0 Å². The number of aromatic hydroxyl groups is 1. The smallest absolute Gasteiger partial charge is 0.204 e. The molecule has 0 aliphatic heterocycles. The van der Waals surface area contributed by atoms with Gasteiger partial charge in [-0.2, -0.15) is 0 Å². The van der Waals surface area contributed by atoms with Crippen LogP contribution >= 0.6 is 0 Å². The zero-order chi connectivity index (χ0) is 32.4. The molecule has 0 aliphatic carbocycles. The second kappa shape index (κ2) is 16.5. The van der Waals surface area contributed by atoms with Crippen molar-refractivity contribution in [3.05, 3.63) is 56.8 Å². The number of phenols is 1. The molecule has 0 radical (unpaired) electrons. The number of nitrogens with zero attached hydrogens (tertiary/aromatic N) is 2. The van der Waals surface area contributed by atoms with Crippen LogP contribution in [-0.4, -0.2) is 74.5 Å². The Morgan fingerprint density at radius 3 is 1.75 bits per heavy atom. The van der Waals surface area contributed by atoms with E-state index >= 15 is 0 Å². The second-order valence-electron chi connectivity index (χ2n) is 11.5. The summed E-state index contributed by atoms with van der Waals surface area (Å²) in [5.41, 5.74) is 3.79. The van der Waals surface area contributed by atoms with E-state index in [1.54, 1.807) is 19.2 Å². The van der Waals surface area contributed by atoms with Gasteiger partial charge in [0.1, 0.15) is 41.3 Å². The van der Waals surface area contributed by atoms with E-state index in [1.807, 2.05) is 39.8 Å². The topological polar surface area (TPSA) is 84.6 Å². The van der Waals surface area contributed by atoms with Gasteiger partial charge in [0.05, 0.1) is 12.5 Å². The molecular weight excluding hydrogens is 556 g/mol. The Bertz CT molecular complexity index is 1520. The van der Waals surface area contributed by atoms with Gasteiger partial charge in [-0.15, -0.1) is 0 Å². The molecule has 3 rings (SSSR count). The summed E-state index contributed by atoms with van der Waals surface area (Å²) in [6, 6.07) is 3.48. The van der Waals surface area contributed by atoms with E-state index in [4.69, 9.17) is 18.6 Å². The van der Waals surface area contributed by atoms with Crippen LogP contribution in [0.15, 0.2) is 44.6 Å². The van der Waals surface area contributed by atoms with Crippen LogP contribution < -0.4 is 19.6 Å². The molecule has 0 amide bonds. The Morgan fingerprint density at radius 1 is 0.773 bits per heavy atom. The molecule has 0 fully saturated rings. The molecule has 3 aromatic rings. The summed E-state index contributed by atoms with van der Waals surface area (Å²) in [5, 5.41) is 12.2. The monoisotopic (exact) mass is 608 g/mol. The summed E-state index contributed by atoms with van der Waals surface area (Å²) in [6.45, 7) is 22.6. The standard InChI is InChI=1S/C36H52N2O6/c1-10-37(11-2)18-20-42-28-22-30-33(34(39)26(28)16-14-24(5)6)35(40)32-27(17-15-25(7)8)36(41-9)31(23-29(32)44-30)43-21-19-38(12-3)13-4/h14-15,22-23,39H,10-13,16-21H2,1-9H3. The summed E-state index contributed by atoms with van der Waals surface area (Å²) < 4.78 is 24.8. The van der Waals surface area contributed by atoms with Gasteiger partial charge in [-0.3, -0.25) is 4.79 Å². The quantitative estimate of drug-likeness (QED) is 0.128. The number of hydrogen-bond acceptors (Lipinski definition) is 8. The highest BCUT2D eigenvalue weighted by Crippen LogP contribution is 2.41. The van der Waals surface area contributed by atoms with Crippen LogP contribution in [0.2, 0.25) is 0 Å². The second-order valence-corrected chi connectivity index (χ2v) is 11.5. The van der Waals surface area contributed by atoms with E-state index in [9.17, 15) is 9.90 Å². The van der Waals surface area contributed by atoms with Crippen molar-refractivity contribution in [3.8, 4) is 23.0 Å². The summed E-state index contributed by atoms with van der Waals surface area (Å²) in [6.07, 6.45) is 4.94. The first kappa shape index (κ1) is 35.0. The number of allylic oxidation sites excluding steroid dienone is 4. The number of rotatable bonds is 17. The van der Waals surface area contributed by atoms with Crippen molar-refractivity contribution in [1.82, 2.24) is 9.80 Å². The summed E-state index contributed by atoms with van der Waals surface area (Å²) in [7, 11) is 1.59. The fraction of sp³-hybridized carbons (Fsp3) is 0.528. The Hall–Kier alpha value is -3.49. The number of phenolic OH excluding ortho intramolecular Hbond substituents is 1. The van der Waals surface area contributed by atoms with Gasteiger partial charge < -0.3 is 33.5 Å². The van der Waals surface area contributed by atoms with E-state index in [-0.39, 0.29) is 22.1 Å². The molecule has 1 N–H and O–H groups in total. The Labute approximate surface area is 262 Å². The van der Waals surface area contributed by atoms with Crippen molar-refractivity contribution >= 4 is 21.9 Å². The number of benzene rings is 2. The third kappa shape index (κ3) is 8.36. The first-order valence-electron chi connectivity index (χ1n) is 15.9. The Morgan fingerprint density at radius 2 is 1.25 bits per heavy atom. The lowest BCUT2D eigenvalue weighted by atomic mass is 9.98. The van der Waals surface area contributed by atoms with Crippen LogP contribution in [0.4, 0.5) is 0 Å². The molecule has 44 heavy (non-hydrogen) atoms. The van der Waals surface area contributed by atoms with E-state index in [0.717, 1.165) is 50.4 Å². The first-order chi connectivity index (χ1) is 21.1. The van der Waals surface area contributed by atoms with Crippen molar-refractivity contribution in [3.63, 3.8) is 0 Å². The normalized spacial score (nSPS) is 11.4. The average Bonchev–Trinajstić information content (AvgIpc) is 2.99. The molecule has 8 nitrogen and oxygen atoms in total. The van der Waals surface area contributed by atoms with Crippen LogP contribution in [0.3, 0.4) is 0 Å². The number of hydrogen-bond donors (Lipinski definition) is 1. The van der Waals surface area contributed by atoms with Crippen LogP contribution in [0.1, 0.15) is 66.5 Å². The van der Waals surface area contributed by atoms with E-state index < -0.39 is 0 Å². The molecule has 1 heterocycles. The van der Waals surface area contributed by atoms with Gasteiger partial charge in [0.2, 0.25) is 5.43 Å². The highest BCUT2D eigenvalue weighted by Gasteiger charge is 2.24. The summed E-state index contributed by atoms with van der Waals surface area (Å²) in [5.74, 6) is 1.42. The summed E-state index contributed by atoms with van der Waals surface area (Å²) >= 11 is 0. The maximum atomic E-state index is 14.3. The van der Waals surface area contributed by atoms with Crippen molar-refractivity contribution in [1.29, 1.82) is 0 Å². The van der Waals surface area contributed by atoms with E-state index in [1.165, 1.54) is 0 Å². The fourth-order valence-electron chi connectivity index (χ4n) is 5.32. The van der Waals surface area contributed by atoms with Gasteiger partial charge in [0.25, 0.3) is 0 Å². The molecule has 0 saturated carbocycles. The molecule has 2 aromatic carbocycles. The van der Waals surface area contributed by atoms with Crippen LogP contribution in [-0.2, 0) is 12.8 Å². The van der Waals surface area contributed by atoms with Gasteiger partial charge in [0.15, 0.2) is 11.5 Å². The third-order valence-corrected chi connectivity index (χ3v) is 8.06. The number of likely N-dealkylation sites (N-methyl/N-ethyl adjacent to an activating group) is 2. The Kier molecular flexibility index (Phi) is 13.2. The number of ether oxygens (including phenoxy) is 3. The minimum Gasteiger partial charge on any atom is -0.507 e. The van der Waals surface area contributed by atoms with Gasteiger partial charge in [-0.25, -0.2) is 0 Å². The first-order valence-corrected chi connectivity index (χ1v) is 15.9. The maximum absolute atomic E-state index is 14.3. The van der Waals surface area contributed by atoms with Crippen LogP contribution in [0, 0.1) is 0 Å². The van der Waals surface area contributed by atoms with Gasteiger partial charge in [0, 0.05) is 36.3 Å². The Balaban J connectivity index is 2.27. The maximum Gasteiger partial charge on any atom is 0.204 e. The lowest BCUT2D eigenvalue weighted by Gasteiger charge is -2.21. The molecule has 0 aliphatic rings. The van der Waals surface area contributed by atoms with Crippen molar-refractivity contribution < 1.29 is 23.7 Å². The highest BCUT2D eigenvalue weighted by atomic mass is 16.5. The van der Waals surface area contributed by atoms with Crippen molar-refractivity contribution in [2.75, 3.05) is 59.6 Å². The van der Waals surface area contributed by atoms with Crippen molar-refractivity contribution in [2.45, 2.75) is 68.2 Å². The highest BCUT2D eigenvalue weighted by molar-refractivity contribution is 5.98. The zero-order valence-electron chi connectivity index (χ0n) is 28.3. The predicted octanol–water partition coefficient (Wildman–Crippen LogP) is 7.12. The molecule has 0 atom stereocenters. The van der Waals surface area contributed by atoms with Gasteiger partial charge in [-0.1, -0.05) is 51.0 Å². The van der Waals surface area contributed by atoms with E-state index in [0.29, 0.717) is 65.4 Å². The molecule has 8 heteroatoms. The molecule has 0 unspecified atom stereocenters. The number of methoxy groups -OCH3 is 1. The summed E-state index contributed by atoms with van der Waals surface area (Å²) in [4.78, 5) is 18.9. The lowest BCUT2D eigenvalue weighted by Crippen LogP contribution is -2.28. The minimum atomic E-state index is -0.308. The molecular formula is C36H52N2O6. The molecule has 0 bridgehead atoms. The zero-order valence-corrected chi connectivity index (χ0v) is 28.3. The molecule has 1 aromatic heterocycles. The number of fused-ring (bicyclic) bond motifs is 2. The molecule has 242 valence electrons. The molecule has 0 spiro atoms. The van der Waals surface area contributed by atoms with Crippen molar-refractivity contribution in [2.24, 2.45) is 0 Å². The van der Waals surface area contributed by atoms with Crippen LogP contribution in [0.25, 0.3) is 21.9 Å². The van der Waals surface area contributed by atoms with Gasteiger partial charge >= 0.3 is 0 Å². The SMILES string of the molecule is CCN(CC)CCOc1cc2oc3cc(OCCN(CC)CC)c(OC)c(CC=C(C)C)c3c(=O)c2c(O)c1CC=C(C)C. The largest absolute Gasteiger partial charge is 0.507 e. The fourth-order valence-corrected chi connectivity index (χ4v) is 5.32. The lowest BCUT2D eigenvalue weighted by molar-refractivity contribution is 0.217. The average molecular weight is 609 g/mol. The predicted molar refractivity (Wildman–Crippen MR) is 181 cm³/mol. The van der Waals surface area contributed by atoms with E-state index in [2.05, 4.69) is 37.5 Å². The molecule has 0 saturated heterocycles. The van der Waals surface area contributed by atoms with Gasteiger partial charge in [-0.05, 0) is 66.7 Å².